The van der Waals surface area contributed by atoms with Crippen molar-refractivity contribution in [3.8, 4) is 5.75 Å². The molecular formula is C23H29N3O6. The van der Waals surface area contributed by atoms with Crippen molar-refractivity contribution in [3.05, 3.63) is 29.3 Å². The molecule has 0 bridgehead atoms. The van der Waals surface area contributed by atoms with Crippen molar-refractivity contribution in [1.82, 2.24) is 15.5 Å². The van der Waals surface area contributed by atoms with Gasteiger partial charge in [-0.15, -0.1) is 0 Å². The Morgan fingerprint density at radius 2 is 1.94 bits per heavy atom. The molecule has 2 fully saturated rings. The Morgan fingerprint density at radius 1 is 1.16 bits per heavy atom. The number of hydrogen-bond donors (Lipinski definition) is 2. The van der Waals surface area contributed by atoms with Crippen molar-refractivity contribution in [1.29, 1.82) is 0 Å². The number of carbonyl (C=O) groups is 4. The van der Waals surface area contributed by atoms with Gasteiger partial charge in [-0.25, -0.2) is 4.79 Å². The number of fused-ring (bicyclic) bond motifs is 1. The monoisotopic (exact) mass is 443 g/mol. The lowest BCUT2D eigenvalue weighted by atomic mass is 10.0. The number of piperidine rings is 1. The van der Waals surface area contributed by atoms with Gasteiger partial charge in [-0.05, 0) is 70.2 Å². The van der Waals surface area contributed by atoms with E-state index in [1.165, 1.54) is 4.90 Å². The Morgan fingerprint density at radius 3 is 2.66 bits per heavy atom. The summed E-state index contributed by atoms with van der Waals surface area (Å²) in [5.74, 6) is -0.339. The third-order valence-corrected chi connectivity index (χ3v) is 5.94. The number of benzene rings is 1. The fourth-order valence-corrected chi connectivity index (χ4v) is 4.49. The van der Waals surface area contributed by atoms with Gasteiger partial charge < -0.3 is 19.7 Å². The number of imide groups is 1. The number of alkyl carbamates (subject to hydrolysis) is 1. The summed E-state index contributed by atoms with van der Waals surface area (Å²) in [5.41, 5.74) is 0.753. The van der Waals surface area contributed by atoms with Crippen LogP contribution in [0.5, 0.6) is 5.75 Å². The van der Waals surface area contributed by atoms with Crippen LogP contribution in [-0.4, -0.2) is 52.5 Å². The van der Waals surface area contributed by atoms with Crippen LogP contribution in [0, 0.1) is 0 Å². The number of nitrogens with zero attached hydrogens (tertiary/aromatic N) is 1. The van der Waals surface area contributed by atoms with Crippen molar-refractivity contribution in [2.75, 3.05) is 0 Å². The second-order valence-electron chi connectivity index (χ2n) is 9.56. The third kappa shape index (κ3) is 4.71. The van der Waals surface area contributed by atoms with Crippen molar-refractivity contribution in [3.63, 3.8) is 0 Å². The Kier molecular flexibility index (Phi) is 5.83. The van der Waals surface area contributed by atoms with Crippen molar-refractivity contribution in [2.24, 2.45) is 0 Å². The average Bonchev–Trinajstić information content (AvgIpc) is 3.24. The molecule has 2 N–H and O–H groups in total. The largest absolute Gasteiger partial charge is 0.488 e. The molecule has 9 heteroatoms. The minimum absolute atomic E-state index is 0.153. The first-order valence-corrected chi connectivity index (χ1v) is 11.0. The second-order valence-corrected chi connectivity index (χ2v) is 9.56. The minimum Gasteiger partial charge on any atom is -0.488 e. The molecule has 3 atom stereocenters. The van der Waals surface area contributed by atoms with Gasteiger partial charge in [-0.1, -0.05) is 0 Å². The third-order valence-electron chi connectivity index (χ3n) is 5.94. The highest BCUT2D eigenvalue weighted by Crippen LogP contribution is 2.32. The standard InChI is InChI=1S/C23H29N3O6/c1-23(2,3)32-22(30)24-16-5-4-6-18(16)31-14-7-8-15-13(11-14)12-26(21(15)29)17-9-10-19(27)25-20(17)28/h7-8,11,16-18H,4-6,9-10,12H2,1-3H3,(H,24,30)(H,25,27,28)/t16-,17?,18-/m1/s1. The van der Waals surface area contributed by atoms with Crippen LogP contribution in [0.2, 0.25) is 0 Å². The van der Waals surface area contributed by atoms with Gasteiger partial charge in [0.1, 0.15) is 23.5 Å². The highest BCUT2D eigenvalue weighted by molar-refractivity contribution is 6.05. The van der Waals surface area contributed by atoms with Gasteiger partial charge in [0.15, 0.2) is 0 Å². The van der Waals surface area contributed by atoms with E-state index in [4.69, 9.17) is 9.47 Å². The van der Waals surface area contributed by atoms with Crippen LogP contribution in [0.1, 0.15) is 68.8 Å². The summed E-state index contributed by atoms with van der Waals surface area (Å²) in [7, 11) is 0. The van der Waals surface area contributed by atoms with Gasteiger partial charge in [0.2, 0.25) is 11.8 Å². The molecule has 1 aromatic carbocycles. The van der Waals surface area contributed by atoms with Crippen LogP contribution < -0.4 is 15.4 Å². The lowest BCUT2D eigenvalue weighted by Crippen LogP contribution is -2.52. The number of carbonyl (C=O) groups excluding carboxylic acids is 4. The van der Waals surface area contributed by atoms with Gasteiger partial charge in [0.05, 0.1) is 6.04 Å². The van der Waals surface area contributed by atoms with Crippen LogP contribution in [0.15, 0.2) is 18.2 Å². The molecule has 1 aromatic rings. The molecule has 4 amide bonds. The fraction of sp³-hybridized carbons (Fsp3) is 0.565. The number of rotatable bonds is 4. The summed E-state index contributed by atoms with van der Waals surface area (Å²) >= 11 is 0. The summed E-state index contributed by atoms with van der Waals surface area (Å²) in [5, 5.41) is 5.21. The average molecular weight is 444 g/mol. The second kappa shape index (κ2) is 8.44. The highest BCUT2D eigenvalue weighted by Gasteiger charge is 2.39. The maximum Gasteiger partial charge on any atom is 0.408 e. The Balaban J connectivity index is 1.41. The molecule has 2 heterocycles. The van der Waals surface area contributed by atoms with E-state index in [0.717, 1.165) is 24.8 Å². The summed E-state index contributed by atoms with van der Waals surface area (Å²) in [6.07, 6.45) is 2.43. The lowest BCUT2D eigenvalue weighted by molar-refractivity contribution is -0.136. The van der Waals surface area contributed by atoms with Gasteiger partial charge in [-0.2, -0.15) is 0 Å². The Bertz CT molecular complexity index is 954. The van der Waals surface area contributed by atoms with Gasteiger partial charge >= 0.3 is 6.09 Å². The van der Waals surface area contributed by atoms with Crippen LogP contribution in [0.25, 0.3) is 0 Å². The quantitative estimate of drug-likeness (QED) is 0.690. The van der Waals surface area contributed by atoms with Gasteiger partial charge in [0.25, 0.3) is 5.91 Å². The topological polar surface area (TPSA) is 114 Å². The summed E-state index contributed by atoms with van der Waals surface area (Å²) < 4.78 is 11.5. The van der Waals surface area contributed by atoms with Crippen molar-refractivity contribution >= 4 is 23.8 Å². The molecule has 4 rings (SSSR count). The fourth-order valence-electron chi connectivity index (χ4n) is 4.49. The molecule has 3 aliphatic rings. The summed E-state index contributed by atoms with van der Waals surface area (Å²) in [6, 6.07) is 4.48. The zero-order valence-electron chi connectivity index (χ0n) is 18.6. The SMILES string of the molecule is CC(C)(C)OC(=O)N[C@@H]1CCC[C@H]1Oc1ccc2c(c1)CN(C1CCC(=O)NC1=O)C2=O. The molecule has 1 aliphatic carbocycles. The van der Waals surface area contributed by atoms with E-state index in [9.17, 15) is 19.2 Å². The van der Waals surface area contributed by atoms with E-state index in [1.54, 1.807) is 12.1 Å². The highest BCUT2D eigenvalue weighted by atomic mass is 16.6. The predicted molar refractivity (Wildman–Crippen MR) is 114 cm³/mol. The van der Waals surface area contributed by atoms with E-state index in [1.807, 2.05) is 26.8 Å². The Labute approximate surface area is 186 Å². The van der Waals surface area contributed by atoms with E-state index in [2.05, 4.69) is 10.6 Å². The number of ether oxygens (including phenoxy) is 2. The zero-order chi connectivity index (χ0) is 23.0. The van der Waals surface area contributed by atoms with E-state index in [0.29, 0.717) is 24.3 Å². The van der Waals surface area contributed by atoms with E-state index >= 15 is 0 Å². The Hall–Kier alpha value is -3.10. The maximum atomic E-state index is 12.8. The molecule has 0 radical (unpaired) electrons. The van der Waals surface area contributed by atoms with E-state index in [-0.39, 0.29) is 30.4 Å². The van der Waals surface area contributed by atoms with Gasteiger partial charge in [-0.3, -0.25) is 19.7 Å². The van der Waals surface area contributed by atoms with E-state index < -0.39 is 23.6 Å². The first-order valence-electron chi connectivity index (χ1n) is 11.0. The number of hydrogen-bond acceptors (Lipinski definition) is 6. The van der Waals surface area contributed by atoms with Crippen LogP contribution in [0.3, 0.4) is 0 Å². The molecule has 0 spiro atoms. The molecule has 2 aliphatic heterocycles. The summed E-state index contributed by atoms with van der Waals surface area (Å²) in [4.78, 5) is 50.1. The van der Waals surface area contributed by atoms with Crippen molar-refractivity contribution in [2.45, 2.75) is 83.2 Å². The molecule has 9 nitrogen and oxygen atoms in total. The number of amides is 4. The van der Waals surface area contributed by atoms with Gasteiger partial charge in [0, 0.05) is 18.5 Å². The number of nitrogens with one attached hydrogen (secondary N) is 2. The molecule has 0 aromatic heterocycles. The smallest absolute Gasteiger partial charge is 0.408 e. The first-order chi connectivity index (χ1) is 15.1. The molecule has 1 unspecified atom stereocenters. The minimum atomic E-state index is -0.644. The summed E-state index contributed by atoms with van der Waals surface area (Å²) in [6.45, 7) is 5.75. The molecule has 32 heavy (non-hydrogen) atoms. The van der Waals surface area contributed by atoms with Crippen LogP contribution in [-0.2, 0) is 20.9 Å². The predicted octanol–water partition coefficient (Wildman–Crippen LogP) is 2.27. The van der Waals surface area contributed by atoms with Crippen LogP contribution in [0.4, 0.5) is 4.79 Å². The molecular weight excluding hydrogens is 414 g/mol. The normalized spacial score (nSPS) is 25.4. The molecule has 1 saturated heterocycles. The zero-order valence-corrected chi connectivity index (χ0v) is 18.6. The lowest BCUT2D eigenvalue weighted by Gasteiger charge is -2.29. The molecule has 1 saturated carbocycles. The maximum absolute atomic E-state index is 12.8. The molecule has 172 valence electrons. The van der Waals surface area contributed by atoms with Crippen molar-refractivity contribution < 1.29 is 28.7 Å². The first kappa shape index (κ1) is 22.1. The van der Waals surface area contributed by atoms with Crippen LogP contribution >= 0.6 is 0 Å².